The van der Waals surface area contributed by atoms with E-state index in [1.54, 1.807) is 10.7 Å². The molecule has 18 heavy (non-hydrogen) atoms. The Morgan fingerprint density at radius 2 is 2.17 bits per heavy atom. The average Bonchev–Trinajstić information content (AvgIpc) is 2.79. The van der Waals surface area contributed by atoms with Crippen LogP contribution in [0, 0.1) is 6.92 Å². The lowest BCUT2D eigenvalue weighted by atomic mass is 10.3. The van der Waals surface area contributed by atoms with Gasteiger partial charge in [-0.25, -0.2) is 0 Å². The molecule has 3 aromatic rings. The lowest BCUT2D eigenvalue weighted by Crippen LogP contribution is -2.04. The zero-order chi connectivity index (χ0) is 12.4. The largest absolute Gasteiger partial charge is 0.364 e. The molecule has 6 heteroatoms. The van der Waals surface area contributed by atoms with E-state index in [1.165, 1.54) is 0 Å². The first-order valence-electron chi connectivity index (χ1n) is 5.65. The molecule has 6 nitrogen and oxygen atoms in total. The van der Waals surface area contributed by atoms with Crippen LogP contribution in [-0.4, -0.2) is 24.8 Å². The van der Waals surface area contributed by atoms with Crippen molar-refractivity contribution < 1.29 is 0 Å². The minimum atomic E-state index is 0.688. The topological polar surface area (TPSA) is 68.0 Å². The fourth-order valence-corrected chi connectivity index (χ4v) is 1.69. The maximum absolute atomic E-state index is 4.41. The molecule has 3 heterocycles. The second-order valence-corrected chi connectivity index (χ2v) is 3.95. The monoisotopic (exact) mass is 240 g/mol. The van der Waals surface area contributed by atoms with Gasteiger partial charge in [-0.2, -0.15) is 4.52 Å². The molecule has 0 saturated heterocycles. The van der Waals surface area contributed by atoms with Crippen LogP contribution < -0.4 is 5.32 Å². The summed E-state index contributed by atoms with van der Waals surface area (Å²) in [5.74, 6) is 1.56. The van der Waals surface area contributed by atoms with Crippen LogP contribution in [-0.2, 0) is 6.54 Å². The highest BCUT2D eigenvalue weighted by Gasteiger charge is 2.03. The predicted molar refractivity (Wildman–Crippen MR) is 67.1 cm³/mol. The second-order valence-electron chi connectivity index (χ2n) is 3.95. The van der Waals surface area contributed by atoms with Gasteiger partial charge in [0.1, 0.15) is 5.82 Å². The van der Waals surface area contributed by atoms with Crippen LogP contribution in [0.15, 0.2) is 36.7 Å². The molecule has 0 amide bonds. The van der Waals surface area contributed by atoms with Crippen molar-refractivity contribution in [3.8, 4) is 0 Å². The molecule has 0 aliphatic carbocycles. The van der Waals surface area contributed by atoms with Gasteiger partial charge in [0.2, 0.25) is 0 Å². The number of nitrogens with zero attached hydrogens (tertiary/aromatic N) is 5. The summed E-state index contributed by atoms with van der Waals surface area (Å²) in [6.07, 6.45) is 3.59. The number of hydrogen-bond donors (Lipinski definition) is 1. The van der Waals surface area contributed by atoms with Gasteiger partial charge in [0.25, 0.3) is 0 Å². The molecule has 3 rings (SSSR count). The molecule has 0 radical (unpaired) electrons. The maximum atomic E-state index is 4.41. The molecule has 0 aliphatic rings. The van der Waals surface area contributed by atoms with Gasteiger partial charge in [0.05, 0.1) is 0 Å². The van der Waals surface area contributed by atoms with E-state index in [0.29, 0.717) is 6.54 Å². The first kappa shape index (κ1) is 10.6. The van der Waals surface area contributed by atoms with Gasteiger partial charge in [0, 0.05) is 18.9 Å². The number of pyridine rings is 1. The third-order valence-corrected chi connectivity index (χ3v) is 2.62. The predicted octanol–water partition coefficient (Wildman–Crippen LogP) is 1.44. The summed E-state index contributed by atoms with van der Waals surface area (Å²) in [5, 5.41) is 15.6. The Morgan fingerprint density at radius 1 is 1.22 bits per heavy atom. The van der Waals surface area contributed by atoms with Crippen LogP contribution in [0.25, 0.3) is 5.65 Å². The quantitative estimate of drug-likeness (QED) is 0.750. The van der Waals surface area contributed by atoms with Gasteiger partial charge in [-0.05, 0) is 30.7 Å². The average molecular weight is 240 g/mol. The summed E-state index contributed by atoms with van der Waals surface area (Å²) in [5.41, 5.74) is 1.86. The first-order valence-corrected chi connectivity index (χ1v) is 5.65. The number of aryl methyl sites for hydroxylation is 1. The summed E-state index contributed by atoms with van der Waals surface area (Å²) < 4.78 is 1.71. The van der Waals surface area contributed by atoms with Crippen LogP contribution in [0.4, 0.5) is 5.82 Å². The lowest BCUT2D eigenvalue weighted by Gasteiger charge is -2.05. The number of aromatic nitrogens is 5. The van der Waals surface area contributed by atoms with Crippen LogP contribution >= 0.6 is 0 Å². The number of anilines is 1. The van der Waals surface area contributed by atoms with E-state index < -0.39 is 0 Å². The molecule has 1 N–H and O–H groups in total. The molecule has 0 saturated carbocycles. The standard InChI is InChI=1S/C12H12N6/c1-9-15-16-12-5-4-11(17-18(9)12)14-8-10-3-2-6-13-7-10/h2-7H,8H2,1H3,(H,14,17). The molecule has 3 aromatic heterocycles. The van der Waals surface area contributed by atoms with Crippen molar-refractivity contribution >= 4 is 11.5 Å². The number of hydrogen-bond acceptors (Lipinski definition) is 5. The summed E-state index contributed by atoms with van der Waals surface area (Å²) in [6, 6.07) is 7.71. The highest BCUT2D eigenvalue weighted by molar-refractivity contribution is 5.44. The van der Waals surface area contributed by atoms with Crippen LogP contribution in [0.5, 0.6) is 0 Å². The molecule has 0 bridgehead atoms. The van der Waals surface area contributed by atoms with Crippen LogP contribution in [0.3, 0.4) is 0 Å². The number of fused-ring (bicyclic) bond motifs is 1. The molecule has 0 atom stereocenters. The Hall–Kier alpha value is -2.50. The molecule has 90 valence electrons. The smallest absolute Gasteiger partial charge is 0.178 e. The van der Waals surface area contributed by atoms with Crippen molar-refractivity contribution in [1.29, 1.82) is 0 Å². The minimum Gasteiger partial charge on any atom is -0.364 e. The van der Waals surface area contributed by atoms with Gasteiger partial charge in [-0.3, -0.25) is 4.98 Å². The summed E-state index contributed by atoms with van der Waals surface area (Å²) >= 11 is 0. The second kappa shape index (κ2) is 4.40. The van der Waals surface area contributed by atoms with Gasteiger partial charge in [-0.1, -0.05) is 6.07 Å². The van der Waals surface area contributed by atoms with Gasteiger partial charge >= 0.3 is 0 Å². The molecule has 0 aliphatic heterocycles. The molecule has 0 aromatic carbocycles. The SMILES string of the molecule is Cc1nnc2ccc(NCc3cccnc3)nn12. The fraction of sp³-hybridized carbons (Fsp3) is 0.167. The van der Waals surface area contributed by atoms with Crippen molar-refractivity contribution in [2.45, 2.75) is 13.5 Å². The highest BCUT2D eigenvalue weighted by Crippen LogP contribution is 2.08. The zero-order valence-corrected chi connectivity index (χ0v) is 9.91. The van der Waals surface area contributed by atoms with E-state index in [-0.39, 0.29) is 0 Å². The first-order chi connectivity index (χ1) is 8.83. The number of nitrogens with one attached hydrogen (secondary N) is 1. The minimum absolute atomic E-state index is 0.688. The Kier molecular flexibility index (Phi) is 2.60. The molecular formula is C12H12N6. The van der Waals surface area contributed by atoms with Crippen molar-refractivity contribution in [2.24, 2.45) is 0 Å². The fourth-order valence-electron chi connectivity index (χ4n) is 1.69. The maximum Gasteiger partial charge on any atom is 0.178 e. The molecule has 0 spiro atoms. The van der Waals surface area contributed by atoms with Crippen molar-refractivity contribution in [1.82, 2.24) is 24.8 Å². The third kappa shape index (κ3) is 2.00. The van der Waals surface area contributed by atoms with E-state index in [1.807, 2.05) is 37.4 Å². The van der Waals surface area contributed by atoms with Crippen molar-refractivity contribution in [3.63, 3.8) is 0 Å². The van der Waals surface area contributed by atoms with E-state index in [9.17, 15) is 0 Å². The van der Waals surface area contributed by atoms with E-state index in [4.69, 9.17) is 0 Å². The highest BCUT2D eigenvalue weighted by atomic mass is 15.4. The number of rotatable bonds is 3. The zero-order valence-electron chi connectivity index (χ0n) is 9.91. The van der Waals surface area contributed by atoms with Crippen molar-refractivity contribution in [2.75, 3.05) is 5.32 Å². The van der Waals surface area contributed by atoms with Gasteiger partial charge < -0.3 is 5.32 Å². The molecular weight excluding hydrogens is 228 g/mol. The molecule has 0 unspecified atom stereocenters. The lowest BCUT2D eigenvalue weighted by molar-refractivity contribution is 0.871. The van der Waals surface area contributed by atoms with E-state index >= 15 is 0 Å². The van der Waals surface area contributed by atoms with Gasteiger partial charge in [0.15, 0.2) is 11.5 Å². The van der Waals surface area contributed by atoms with Gasteiger partial charge in [-0.15, -0.1) is 15.3 Å². The summed E-state index contributed by atoms with van der Waals surface area (Å²) in [4.78, 5) is 4.07. The Balaban J connectivity index is 1.80. The summed E-state index contributed by atoms with van der Waals surface area (Å²) in [7, 11) is 0. The Bertz CT molecular complexity index is 661. The van der Waals surface area contributed by atoms with E-state index in [0.717, 1.165) is 22.9 Å². The molecule has 0 fully saturated rings. The summed E-state index contributed by atoms with van der Waals surface area (Å²) in [6.45, 7) is 2.56. The van der Waals surface area contributed by atoms with Crippen LogP contribution in [0.1, 0.15) is 11.4 Å². The Labute approximate surface area is 104 Å². The van der Waals surface area contributed by atoms with Crippen LogP contribution in [0.2, 0.25) is 0 Å². The Morgan fingerprint density at radius 3 is 3.00 bits per heavy atom. The van der Waals surface area contributed by atoms with E-state index in [2.05, 4.69) is 25.6 Å². The third-order valence-electron chi connectivity index (χ3n) is 2.62. The normalized spacial score (nSPS) is 10.7. The van der Waals surface area contributed by atoms with Crippen molar-refractivity contribution in [3.05, 3.63) is 48.0 Å².